The molecule has 0 bridgehead atoms. The lowest BCUT2D eigenvalue weighted by Crippen LogP contribution is -1.77. The third-order valence-corrected chi connectivity index (χ3v) is 1.48. The van der Waals surface area contributed by atoms with Gasteiger partial charge >= 0.3 is 0 Å². The van der Waals surface area contributed by atoms with Gasteiger partial charge in [0.1, 0.15) is 5.82 Å². The molecule has 1 rings (SSSR count). The number of hydrogen-bond donors (Lipinski definition) is 1. The third-order valence-electron chi connectivity index (χ3n) is 1.04. The first-order valence-corrected chi connectivity index (χ1v) is 2.95. The summed E-state index contributed by atoms with van der Waals surface area (Å²) in [4.78, 5) is 0.719. The van der Waals surface area contributed by atoms with Gasteiger partial charge in [0.25, 0.3) is 0 Å². The van der Waals surface area contributed by atoms with E-state index in [0.29, 0.717) is 5.56 Å². The van der Waals surface area contributed by atoms with Gasteiger partial charge in [-0.3, -0.25) is 0 Å². The number of thiol groups is 1. The molecule has 47 valence electrons. The van der Waals surface area contributed by atoms with Crippen molar-refractivity contribution in [3.63, 3.8) is 0 Å². The van der Waals surface area contributed by atoms with Crippen molar-refractivity contribution in [2.45, 2.75) is 4.90 Å². The normalized spacial score (nSPS) is 9.67. The largest absolute Gasteiger partial charge is 0.207 e. The van der Waals surface area contributed by atoms with E-state index in [-0.39, 0.29) is 5.82 Å². The predicted octanol–water partition coefficient (Wildman–Crippen LogP) is 2.30. The molecule has 1 aromatic carbocycles. The molecule has 9 heavy (non-hydrogen) atoms. The Morgan fingerprint density at radius 2 is 2.11 bits per heavy atom. The Hall–Kier alpha value is -0.500. The second-order valence-electron chi connectivity index (χ2n) is 1.77. The first-order valence-electron chi connectivity index (χ1n) is 2.50. The minimum absolute atomic E-state index is 0.266. The molecule has 0 aromatic heterocycles. The second-order valence-corrected chi connectivity index (χ2v) is 2.25. The number of benzene rings is 1. The maximum atomic E-state index is 12.3. The molecule has 0 saturated heterocycles. The van der Waals surface area contributed by atoms with Gasteiger partial charge in [-0.25, -0.2) is 4.39 Å². The summed E-state index contributed by atoms with van der Waals surface area (Å²) in [7, 11) is 0. The molecule has 0 spiro atoms. The van der Waals surface area contributed by atoms with E-state index >= 15 is 0 Å². The summed E-state index contributed by atoms with van der Waals surface area (Å²) in [6.07, 6.45) is 0. The van der Waals surface area contributed by atoms with Crippen molar-refractivity contribution < 1.29 is 4.39 Å². The van der Waals surface area contributed by atoms with Gasteiger partial charge in [0.2, 0.25) is 0 Å². The summed E-state index contributed by atoms with van der Waals surface area (Å²) >= 11 is 4.02. The molecule has 0 unspecified atom stereocenters. The summed E-state index contributed by atoms with van der Waals surface area (Å²) in [5, 5.41) is 0. The lowest BCUT2D eigenvalue weighted by molar-refractivity contribution is 0.626. The molecule has 0 fully saturated rings. The molecule has 0 N–H and O–H groups in total. The topological polar surface area (TPSA) is 0 Å². The minimum Gasteiger partial charge on any atom is -0.207 e. The molecule has 2 heteroatoms. The van der Waals surface area contributed by atoms with E-state index in [9.17, 15) is 4.39 Å². The predicted molar refractivity (Wildman–Crippen MR) is 38.1 cm³/mol. The SMILES string of the molecule is [CH2]c1cc(F)ccc1S. The van der Waals surface area contributed by atoms with E-state index in [4.69, 9.17) is 0 Å². The smallest absolute Gasteiger partial charge is 0.123 e. The quantitative estimate of drug-likeness (QED) is 0.526. The lowest BCUT2D eigenvalue weighted by Gasteiger charge is -1.95. The van der Waals surface area contributed by atoms with Gasteiger partial charge in [-0.2, -0.15) is 0 Å². The summed E-state index contributed by atoms with van der Waals surface area (Å²) < 4.78 is 12.3. The van der Waals surface area contributed by atoms with Crippen molar-refractivity contribution in [2.75, 3.05) is 0 Å². The lowest BCUT2D eigenvalue weighted by atomic mass is 10.2. The van der Waals surface area contributed by atoms with Crippen LogP contribution in [0.2, 0.25) is 0 Å². The van der Waals surface area contributed by atoms with E-state index in [1.807, 2.05) is 0 Å². The zero-order valence-corrected chi connectivity index (χ0v) is 5.66. The molecule has 0 saturated carbocycles. The van der Waals surface area contributed by atoms with Gasteiger partial charge in [-0.1, -0.05) is 0 Å². The van der Waals surface area contributed by atoms with Crippen molar-refractivity contribution in [2.24, 2.45) is 0 Å². The van der Waals surface area contributed by atoms with Crippen LogP contribution in [0.4, 0.5) is 4.39 Å². The Bertz CT molecular complexity index is 220. The summed E-state index contributed by atoms with van der Waals surface area (Å²) in [5.74, 6) is -0.266. The van der Waals surface area contributed by atoms with Gasteiger partial charge in [-0.15, -0.1) is 12.6 Å². The van der Waals surface area contributed by atoms with E-state index in [1.165, 1.54) is 12.1 Å². The van der Waals surface area contributed by atoms with Gasteiger partial charge < -0.3 is 0 Å². The molecule has 0 aliphatic heterocycles. The zero-order valence-electron chi connectivity index (χ0n) is 4.76. The van der Waals surface area contributed by atoms with Crippen LogP contribution in [0.1, 0.15) is 5.56 Å². The summed E-state index contributed by atoms with van der Waals surface area (Å²) in [6, 6.07) is 4.29. The zero-order chi connectivity index (χ0) is 6.85. The standard InChI is InChI=1S/C7H6FS/c1-5-4-6(8)2-3-7(5)9/h2-4,9H,1H2. The van der Waals surface area contributed by atoms with E-state index in [0.717, 1.165) is 4.90 Å². The fraction of sp³-hybridized carbons (Fsp3) is 0. The average Bonchev–Trinajstić information content (AvgIpc) is 1.80. The molecule has 1 radical (unpaired) electrons. The van der Waals surface area contributed by atoms with Crippen LogP contribution in [-0.4, -0.2) is 0 Å². The van der Waals surface area contributed by atoms with Crippen molar-refractivity contribution in [3.8, 4) is 0 Å². The van der Waals surface area contributed by atoms with E-state index in [2.05, 4.69) is 19.6 Å². The van der Waals surface area contributed by atoms with Crippen LogP contribution in [0.15, 0.2) is 23.1 Å². The van der Waals surface area contributed by atoms with Gasteiger partial charge in [0.15, 0.2) is 0 Å². The maximum Gasteiger partial charge on any atom is 0.123 e. The van der Waals surface area contributed by atoms with Gasteiger partial charge in [-0.05, 0) is 30.7 Å². The van der Waals surface area contributed by atoms with Crippen LogP contribution in [0.25, 0.3) is 0 Å². The highest BCUT2D eigenvalue weighted by Gasteiger charge is 1.92. The number of hydrogen-bond acceptors (Lipinski definition) is 1. The maximum absolute atomic E-state index is 12.3. The fourth-order valence-corrected chi connectivity index (χ4v) is 0.693. The molecular weight excluding hydrogens is 135 g/mol. The van der Waals surface area contributed by atoms with Crippen LogP contribution < -0.4 is 0 Å². The molecular formula is C7H6FS. The highest BCUT2D eigenvalue weighted by Crippen LogP contribution is 2.12. The second kappa shape index (κ2) is 2.40. The van der Waals surface area contributed by atoms with Crippen LogP contribution in [0.5, 0.6) is 0 Å². The molecule has 0 heterocycles. The Kier molecular flexibility index (Phi) is 1.76. The fourth-order valence-electron chi connectivity index (χ4n) is 0.554. The number of halogens is 1. The average molecular weight is 141 g/mol. The van der Waals surface area contributed by atoms with E-state index in [1.54, 1.807) is 6.07 Å². The molecule has 0 amide bonds. The van der Waals surface area contributed by atoms with Gasteiger partial charge in [0, 0.05) is 4.90 Å². The van der Waals surface area contributed by atoms with E-state index < -0.39 is 0 Å². The Morgan fingerprint density at radius 3 is 2.56 bits per heavy atom. The highest BCUT2D eigenvalue weighted by molar-refractivity contribution is 7.80. The van der Waals surface area contributed by atoms with Crippen LogP contribution in [0, 0.1) is 12.7 Å². The van der Waals surface area contributed by atoms with Crippen molar-refractivity contribution in [3.05, 3.63) is 36.5 Å². The third kappa shape index (κ3) is 1.45. The van der Waals surface area contributed by atoms with Crippen molar-refractivity contribution in [1.29, 1.82) is 0 Å². The van der Waals surface area contributed by atoms with Crippen molar-refractivity contribution in [1.82, 2.24) is 0 Å². The van der Waals surface area contributed by atoms with Crippen LogP contribution >= 0.6 is 12.6 Å². The Labute approximate surface area is 59.1 Å². The Morgan fingerprint density at radius 1 is 1.44 bits per heavy atom. The minimum atomic E-state index is -0.266. The molecule has 1 aromatic rings. The molecule has 0 nitrogen and oxygen atoms in total. The molecule has 0 atom stereocenters. The monoisotopic (exact) mass is 141 g/mol. The van der Waals surface area contributed by atoms with Gasteiger partial charge in [0.05, 0.1) is 0 Å². The highest BCUT2D eigenvalue weighted by atomic mass is 32.1. The van der Waals surface area contributed by atoms with Crippen LogP contribution in [-0.2, 0) is 0 Å². The summed E-state index contributed by atoms with van der Waals surface area (Å²) in [5.41, 5.74) is 0.623. The Balaban J connectivity index is 3.17. The van der Waals surface area contributed by atoms with Crippen molar-refractivity contribution >= 4 is 12.6 Å². The molecule has 0 aliphatic rings. The first-order chi connectivity index (χ1) is 4.20. The number of rotatable bonds is 0. The van der Waals surface area contributed by atoms with Crippen LogP contribution in [0.3, 0.4) is 0 Å². The molecule has 0 aliphatic carbocycles. The first kappa shape index (κ1) is 6.62. The summed E-state index contributed by atoms with van der Waals surface area (Å²) in [6.45, 7) is 3.56.